The third kappa shape index (κ3) is 5.81. The normalized spacial score (nSPS) is 12.2. The first-order chi connectivity index (χ1) is 18.6. The zero-order valence-corrected chi connectivity index (χ0v) is 21.7. The fraction of sp³-hybridized carbons (Fsp3) is 0.267. The summed E-state index contributed by atoms with van der Waals surface area (Å²) in [6, 6.07) is 28.2. The SMILES string of the molecule is CC[C@@H](c1nnnn1CCc1ccccc1)N(Cc1ccccc1)Cc1cc2cc(OC)ccc2[nH]c1=O. The van der Waals surface area contributed by atoms with Crippen molar-refractivity contribution in [3.8, 4) is 5.75 Å². The second-order valence-electron chi connectivity index (χ2n) is 9.39. The van der Waals surface area contributed by atoms with Crippen LogP contribution in [0, 0.1) is 0 Å². The minimum atomic E-state index is -0.0979. The quantitative estimate of drug-likeness (QED) is 0.272. The maximum Gasteiger partial charge on any atom is 0.252 e. The molecule has 0 saturated heterocycles. The highest BCUT2D eigenvalue weighted by atomic mass is 16.5. The number of benzene rings is 3. The Labute approximate surface area is 221 Å². The van der Waals surface area contributed by atoms with Crippen molar-refractivity contribution < 1.29 is 4.74 Å². The van der Waals surface area contributed by atoms with E-state index in [4.69, 9.17) is 4.74 Å². The van der Waals surface area contributed by atoms with Crippen molar-refractivity contribution in [2.24, 2.45) is 0 Å². The van der Waals surface area contributed by atoms with Crippen molar-refractivity contribution in [3.05, 3.63) is 118 Å². The molecule has 8 heteroatoms. The number of methoxy groups -OCH3 is 1. The van der Waals surface area contributed by atoms with Crippen molar-refractivity contribution in [3.63, 3.8) is 0 Å². The summed E-state index contributed by atoms with van der Waals surface area (Å²) in [5, 5.41) is 13.7. The Kier molecular flexibility index (Phi) is 7.89. The molecule has 0 bridgehead atoms. The minimum absolute atomic E-state index is 0.0821. The van der Waals surface area contributed by atoms with Gasteiger partial charge < -0.3 is 9.72 Å². The van der Waals surface area contributed by atoms with Crippen LogP contribution >= 0.6 is 0 Å². The van der Waals surface area contributed by atoms with E-state index in [1.807, 2.05) is 65.3 Å². The van der Waals surface area contributed by atoms with Crippen LogP contribution in [-0.2, 0) is 26.1 Å². The van der Waals surface area contributed by atoms with Gasteiger partial charge in [0.2, 0.25) is 0 Å². The van der Waals surface area contributed by atoms with Gasteiger partial charge in [0, 0.05) is 36.1 Å². The molecule has 2 heterocycles. The smallest absolute Gasteiger partial charge is 0.252 e. The molecule has 194 valence electrons. The molecule has 38 heavy (non-hydrogen) atoms. The summed E-state index contributed by atoms with van der Waals surface area (Å²) >= 11 is 0. The van der Waals surface area contributed by atoms with Crippen LogP contribution in [0.25, 0.3) is 10.9 Å². The van der Waals surface area contributed by atoms with Crippen molar-refractivity contribution in [1.29, 1.82) is 0 Å². The Bertz CT molecular complexity index is 1530. The lowest BCUT2D eigenvalue weighted by molar-refractivity contribution is 0.160. The number of pyridine rings is 1. The highest BCUT2D eigenvalue weighted by molar-refractivity contribution is 5.80. The van der Waals surface area contributed by atoms with Gasteiger partial charge in [0.15, 0.2) is 5.82 Å². The standard InChI is InChI=1S/C30H32N6O2/c1-3-28(29-32-33-34-36(29)17-16-22-10-6-4-7-11-22)35(20-23-12-8-5-9-13-23)21-25-18-24-19-26(38-2)14-15-27(24)31-30(25)37/h4-15,18-19,28H,3,16-17,20-21H2,1-2H3,(H,31,37)/t28-/m0/s1. The minimum Gasteiger partial charge on any atom is -0.497 e. The number of hydrogen-bond acceptors (Lipinski definition) is 6. The van der Waals surface area contributed by atoms with Crippen LogP contribution in [0.15, 0.2) is 89.7 Å². The average Bonchev–Trinajstić information content (AvgIpc) is 3.41. The number of aryl methyl sites for hydroxylation is 2. The Morgan fingerprint density at radius 1 is 0.947 bits per heavy atom. The number of ether oxygens (including phenoxy) is 1. The van der Waals surface area contributed by atoms with Gasteiger partial charge in [-0.2, -0.15) is 0 Å². The molecule has 0 fully saturated rings. The van der Waals surface area contributed by atoms with Crippen LogP contribution < -0.4 is 10.3 Å². The number of aromatic nitrogens is 5. The van der Waals surface area contributed by atoms with E-state index in [0.717, 1.165) is 40.9 Å². The lowest BCUT2D eigenvalue weighted by Gasteiger charge is -2.30. The highest BCUT2D eigenvalue weighted by Gasteiger charge is 2.26. The average molecular weight is 509 g/mol. The fourth-order valence-corrected chi connectivity index (χ4v) is 4.88. The van der Waals surface area contributed by atoms with Gasteiger partial charge in [-0.3, -0.25) is 9.69 Å². The van der Waals surface area contributed by atoms with Crippen LogP contribution in [0.4, 0.5) is 0 Å². The van der Waals surface area contributed by atoms with E-state index in [-0.39, 0.29) is 11.6 Å². The van der Waals surface area contributed by atoms with Crippen LogP contribution in [0.1, 0.15) is 41.9 Å². The van der Waals surface area contributed by atoms with Gasteiger partial charge in [-0.15, -0.1) is 5.10 Å². The van der Waals surface area contributed by atoms with Crippen LogP contribution in [0.5, 0.6) is 5.75 Å². The zero-order valence-electron chi connectivity index (χ0n) is 21.7. The summed E-state index contributed by atoms with van der Waals surface area (Å²) in [7, 11) is 1.64. The Balaban J connectivity index is 1.48. The molecule has 0 saturated carbocycles. The first-order valence-electron chi connectivity index (χ1n) is 12.9. The van der Waals surface area contributed by atoms with Crippen molar-refractivity contribution in [2.45, 2.75) is 45.4 Å². The lowest BCUT2D eigenvalue weighted by atomic mass is 10.1. The van der Waals surface area contributed by atoms with Gasteiger partial charge in [0.05, 0.1) is 13.2 Å². The number of fused-ring (bicyclic) bond motifs is 1. The van der Waals surface area contributed by atoms with Gasteiger partial charge in [-0.05, 0) is 58.7 Å². The summed E-state index contributed by atoms with van der Waals surface area (Å²) in [5.41, 5.74) is 3.77. The highest BCUT2D eigenvalue weighted by Crippen LogP contribution is 2.27. The molecule has 0 radical (unpaired) electrons. The zero-order chi connectivity index (χ0) is 26.3. The number of nitrogens with one attached hydrogen (secondary N) is 1. The number of H-pyrrole nitrogens is 1. The number of tetrazole rings is 1. The monoisotopic (exact) mass is 508 g/mol. The number of hydrogen-bond donors (Lipinski definition) is 1. The largest absolute Gasteiger partial charge is 0.497 e. The topological polar surface area (TPSA) is 88.9 Å². The first kappa shape index (κ1) is 25.4. The predicted molar refractivity (Wildman–Crippen MR) is 148 cm³/mol. The van der Waals surface area contributed by atoms with E-state index in [9.17, 15) is 4.79 Å². The molecule has 0 spiro atoms. The van der Waals surface area contributed by atoms with Crippen molar-refractivity contribution in [2.75, 3.05) is 7.11 Å². The maximum absolute atomic E-state index is 13.1. The fourth-order valence-electron chi connectivity index (χ4n) is 4.88. The molecule has 0 amide bonds. The number of rotatable bonds is 11. The molecular weight excluding hydrogens is 476 g/mol. The van der Waals surface area contributed by atoms with E-state index in [2.05, 4.69) is 56.6 Å². The molecule has 3 aromatic carbocycles. The van der Waals surface area contributed by atoms with Crippen LogP contribution in [-0.4, -0.2) is 37.2 Å². The molecule has 0 aliphatic heterocycles. The summed E-state index contributed by atoms with van der Waals surface area (Å²) < 4.78 is 7.30. The molecule has 5 rings (SSSR count). The lowest BCUT2D eigenvalue weighted by Crippen LogP contribution is -2.32. The number of nitrogens with zero attached hydrogens (tertiary/aromatic N) is 5. The predicted octanol–water partition coefficient (Wildman–Crippen LogP) is 4.92. The second-order valence-corrected chi connectivity index (χ2v) is 9.39. The third-order valence-electron chi connectivity index (χ3n) is 6.87. The maximum atomic E-state index is 13.1. The summed E-state index contributed by atoms with van der Waals surface area (Å²) in [6.45, 7) is 3.91. The van der Waals surface area contributed by atoms with Gasteiger partial charge in [0.1, 0.15) is 5.75 Å². The van der Waals surface area contributed by atoms with Crippen molar-refractivity contribution in [1.82, 2.24) is 30.1 Å². The Morgan fingerprint density at radius 3 is 2.39 bits per heavy atom. The molecular formula is C30H32N6O2. The molecule has 0 unspecified atom stereocenters. The molecule has 1 atom stereocenters. The Hall–Kier alpha value is -4.30. The van der Waals surface area contributed by atoms with E-state index in [0.29, 0.717) is 25.2 Å². The van der Waals surface area contributed by atoms with Gasteiger partial charge in [-0.1, -0.05) is 67.6 Å². The Morgan fingerprint density at radius 2 is 1.68 bits per heavy atom. The van der Waals surface area contributed by atoms with E-state index >= 15 is 0 Å². The summed E-state index contributed by atoms with van der Waals surface area (Å²) in [4.78, 5) is 18.5. The molecule has 1 N–H and O–H groups in total. The number of aromatic amines is 1. The van der Waals surface area contributed by atoms with Crippen LogP contribution in [0.2, 0.25) is 0 Å². The molecule has 0 aliphatic carbocycles. The molecule has 5 aromatic rings. The van der Waals surface area contributed by atoms with E-state index in [1.165, 1.54) is 5.56 Å². The van der Waals surface area contributed by atoms with Gasteiger partial charge in [0.25, 0.3) is 5.56 Å². The molecule has 0 aliphatic rings. The van der Waals surface area contributed by atoms with Crippen LogP contribution in [0.3, 0.4) is 0 Å². The van der Waals surface area contributed by atoms with Crippen molar-refractivity contribution >= 4 is 10.9 Å². The van der Waals surface area contributed by atoms with E-state index in [1.54, 1.807) is 7.11 Å². The van der Waals surface area contributed by atoms with E-state index < -0.39 is 0 Å². The second kappa shape index (κ2) is 11.8. The van der Waals surface area contributed by atoms with Gasteiger partial charge in [-0.25, -0.2) is 4.68 Å². The van der Waals surface area contributed by atoms with Gasteiger partial charge >= 0.3 is 0 Å². The summed E-state index contributed by atoms with van der Waals surface area (Å²) in [6.07, 6.45) is 1.62. The molecule has 2 aromatic heterocycles. The molecule has 8 nitrogen and oxygen atoms in total. The summed E-state index contributed by atoms with van der Waals surface area (Å²) in [5.74, 6) is 1.55. The first-order valence-corrected chi connectivity index (χ1v) is 12.9. The third-order valence-corrected chi connectivity index (χ3v) is 6.87.